The molecular formula is C10H9NS. The van der Waals surface area contributed by atoms with E-state index < -0.39 is 0 Å². The van der Waals surface area contributed by atoms with Crippen molar-refractivity contribution in [3.63, 3.8) is 0 Å². The smallest absolute Gasteiger partial charge is 0.0706 e. The van der Waals surface area contributed by atoms with Crippen LogP contribution < -0.4 is 0 Å². The number of nitrogens with zero attached hydrogens (tertiary/aromatic N) is 1. The van der Waals surface area contributed by atoms with Gasteiger partial charge in [-0.2, -0.15) is 11.3 Å². The quantitative estimate of drug-likeness (QED) is 0.622. The van der Waals surface area contributed by atoms with Gasteiger partial charge in [-0.25, -0.2) is 0 Å². The number of rotatable bonds is 1. The normalized spacial score (nSPS) is 15.8. The van der Waals surface area contributed by atoms with Crippen LogP contribution in [0.5, 0.6) is 0 Å². The van der Waals surface area contributed by atoms with E-state index in [-0.39, 0.29) is 0 Å². The molecule has 0 saturated carbocycles. The van der Waals surface area contributed by atoms with Gasteiger partial charge in [-0.05, 0) is 17.5 Å². The molecule has 2 heterocycles. The fourth-order valence-electron chi connectivity index (χ4n) is 1.07. The van der Waals surface area contributed by atoms with E-state index in [1.54, 1.807) is 11.3 Å². The predicted molar refractivity (Wildman–Crippen MR) is 54.5 cm³/mol. The van der Waals surface area contributed by atoms with E-state index in [4.69, 9.17) is 0 Å². The van der Waals surface area contributed by atoms with E-state index in [9.17, 15) is 0 Å². The number of thiophene rings is 1. The van der Waals surface area contributed by atoms with Gasteiger partial charge in [-0.3, -0.25) is 4.99 Å². The largest absolute Gasteiger partial charge is 0.260 e. The standard InChI is InChI=1S/C10H9NS/c1-2-4-10(11-6-3-1)9-5-7-12-8-9/h1-2,4-8H,3H2. The molecule has 0 fully saturated rings. The molecule has 0 atom stereocenters. The third-order valence-corrected chi connectivity index (χ3v) is 2.36. The minimum Gasteiger partial charge on any atom is -0.260 e. The van der Waals surface area contributed by atoms with E-state index in [0.717, 1.165) is 12.1 Å². The monoisotopic (exact) mass is 175 g/mol. The highest BCUT2D eigenvalue weighted by Crippen LogP contribution is 2.19. The van der Waals surface area contributed by atoms with Crippen LogP contribution in [0.15, 0.2) is 40.0 Å². The third kappa shape index (κ3) is 1.53. The highest BCUT2D eigenvalue weighted by Gasteiger charge is 1.98. The molecule has 0 bridgehead atoms. The van der Waals surface area contributed by atoms with Crippen molar-refractivity contribution in [2.75, 3.05) is 0 Å². The van der Waals surface area contributed by atoms with Crippen molar-refractivity contribution in [3.8, 4) is 0 Å². The molecule has 1 aliphatic rings. The fraction of sp³-hybridized carbons (Fsp3) is 0.100. The molecule has 0 aromatic carbocycles. The van der Waals surface area contributed by atoms with Crippen molar-refractivity contribution in [1.29, 1.82) is 0 Å². The van der Waals surface area contributed by atoms with Crippen molar-refractivity contribution < 1.29 is 0 Å². The first-order valence-electron chi connectivity index (χ1n) is 3.89. The first kappa shape index (κ1) is 7.50. The van der Waals surface area contributed by atoms with Gasteiger partial charge in [-0.1, -0.05) is 12.2 Å². The topological polar surface area (TPSA) is 12.4 Å². The summed E-state index contributed by atoms with van der Waals surface area (Å²) in [5.74, 6) is 0. The lowest BCUT2D eigenvalue weighted by molar-refractivity contribution is 1.50. The van der Waals surface area contributed by atoms with Gasteiger partial charge in [0.1, 0.15) is 0 Å². The van der Waals surface area contributed by atoms with Crippen molar-refractivity contribution in [3.05, 3.63) is 40.6 Å². The van der Waals surface area contributed by atoms with Crippen molar-refractivity contribution in [2.24, 2.45) is 4.99 Å². The molecule has 2 heteroatoms. The van der Waals surface area contributed by atoms with Crippen molar-refractivity contribution in [2.45, 2.75) is 6.42 Å². The molecule has 0 radical (unpaired) electrons. The number of hydrogen-bond donors (Lipinski definition) is 0. The van der Waals surface area contributed by atoms with E-state index in [1.807, 2.05) is 12.3 Å². The second kappa shape index (κ2) is 3.50. The van der Waals surface area contributed by atoms with Gasteiger partial charge >= 0.3 is 0 Å². The molecule has 0 aliphatic carbocycles. The van der Waals surface area contributed by atoms with Crippen LogP contribution in [0, 0.1) is 0 Å². The van der Waals surface area contributed by atoms with E-state index in [0.29, 0.717) is 0 Å². The van der Waals surface area contributed by atoms with Crippen LogP contribution in [0.2, 0.25) is 0 Å². The third-order valence-electron chi connectivity index (χ3n) is 1.68. The Morgan fingerprint density at radius 2 is 2.42 bits per heavy atom. The Morgan fingerprint density at radius 1 is 1.42 bits per heavy atom. The summed E-state index contributed by atoms with van der Waals surface area (Å²) in [5, 5.41) is 4.18. The molecule has 0 amide bonds. The van der Waals surface area contributed by atoms with E-state index in [2.05, 4.69) is 34.0 Å². The maximum absolute atomic E-state index is 4.35. The molecule has 2 rings (SSSR count). The van der Waals surface area contributed by atoms with Crippen LogP contribution in [-0.2, 0) is 0 Å². The first-order valence-corrected chi connectivity index (χ1v) is 4.83. The molecule has 0 N–H and O–H groups in total. The number of hydrogen-bond acceptors (Lipinski definition) is 2. The number of allylic oxidation sites excluding steroid dienone is 3. The molecule has 12 heavy (non-hydrogen) atoms. The minimum atomic E-state index is 0.935. The second-order valence-electron chi connectivity index (χ2n) is 2.54. The van der Waals surface area contributed by atoms with Gasteiger partial charge in [0.15, 0.2) is 0 Å². The summed E-state index contributed by atoms with van der Waals surface area (Å²) in [4.78, 5) is 4.35. The molecular weight excluding hydrogens is 166 g/mol. The number of aliphatic imine (C=N–C) groups is 1. The second-order valence-corrected chi connectivity index (χ2v) is 3.32. The van der Waals surface area contributed by atoms with Gasteiger partial charge in [0, 0.05) is 23.6 Å². The van der Waals surface area contributed by atoms with E-state index >= 15 is 0 Å². The molecule has 0 spiro atoms. The summed E-state index contributed by atoms with van der Waals surface area (Å²) in [6, 6.07) is 2.09. The van der Waals surface area contributed by atoms with Crippen molar-refractivity contribution in [1.82, 2.24) is 0 Å². The van der Waals surface area contributed by atoms with Crippen LogP contribution in [0.3, 0.4) is 0 Å². The highest BCUT2D eigenvalue weighted by atomic mass is 32.1. The van der Waals surface area contributed by atoms with Crippen LogP contribution in [0.4, 0.5) is 0 Å². The predicted octanol–water partition coefficient (Wildman–Crippen LogP) is 3.12. The van der Waals surface area contributed by atoms with Crippen LogP contribution in [0.1, 0.15) is 12.0 Å². The van der Waals surface area contributed by atoms with Gasteiger partial charge < -0.3 is 0 Å². The average molecular weight is 175 g/mol. The van der Waals surface area contributed by atoms with Gasteiger partial charge in [0.25, 0.3) is 0 Å². The Labute approximate surface area is 75.8 Å². The maximum Gasteiger partial charge on any atom is 0.0706 e. The molecule has 0 saturated heterocycles. The zero-order valence-electron chi connectivity index (χ0n) is 6.60. The maximum atomic E-state index is 4.35. The Kier molecular flexibility index (Phi) is 2.19. The first-order chi connectivity index (χ1) is 5.97. The summed E-state index contributed by atoms with van der Waals surface area (Å²) in [6.07, 6.45) is 9.07. The summed E-state index contributed by atoms with van der Waals surface area (Å²) in [6.45, 7) is 0. The summed E-state index contributed by atoms with van der Waals surface area (Å²) < 4.78 is 0. The lowest BCUT2D eigenvalue weighted by Crippen LogP contribution is -1.75. The fourth-order valence-corrected chi connectivity index (χ4v) is 1.72. The van der Waals surface area contributed by atoms with Crippen LogP contribution in [0.25, 0.3) is 5.70 Å². The lowest BCUT2D eigenvalue weighted by Gasteiger charge is -1.93. The Bertz CT molecular complexity index is 331. The Balaban J connectivity index is 2.34. The molecule has 0 unspecified atom stereocenters. The molecule has 1 aliphatic heterocycles. The molecule has 1 nitrogen and oxygen atoms in total. The molecule has 60 valence electrons. The highest BCUT2D eigenvalue weighted by molar-refractivity contribution is 7.08. The summed E-state index contributed by atoms with van der Waals surface area (Å²) in [7, 11) is 0. The Morgan fingerprint density at radius 3 is 3.25 bits per heavy atom. The van der Waals surface area contributed by atoms with Crippen LogP contribution in [-0.4, -0.2) is 6.21 Å². The molecule has 1 aromatic heterocycles. The van der Waals surface area contributed by atoms with Crippen LogP contribution >= 0.6 is 11.3 Å². The zero-order chi connectivity index (χ0) is 8.23. The minimum absolute atomic E-state index is 0.935. The van der Waals surface area contributed by atoms with Gasteiger partial charge in [-0.15, -0.1) is 0 Å². The lowest BCUT2D eigenvalue weighted by atomic mass is 10.2. The zero-order valence-corrected chi connectivity index (χ0v) is 7.42. The van der Waals surface area contributed by atoms with Gasteiger partial charge in [0.2, 0.25) is 0 Å². The SMILES string of the molecule is C1=CCC=NC(c2ccsc2)=C1. The molecule has 1 aromatic rings. The summed E-state index contributed by atoms with van der Waals surface area (Å²) >= 11 is 1.70. The Hall–Kier alpha value is -1.15. The van der Waals surface area contributed by atoms with Crippen molar-refractivity contribution >= 4 is 23.2 Å². The van der Waals surface area contributed by atoms with E-state index in [1.165, 1.54) is 5.56 Å². The average Bonchev–Trinajstić information content (AvgIpc) is 2.48. The van der Waals surface area contributed by atoms with Gasteiger partial charge in [0.05, 0.1) is 5.70 Å². The summed E-state index contributed by atoms with van der Waals surface area (Å²) in [5.41, 5.74) is 2.27.